The molecule has 1 aliphatic carbocycles. The maximum Gasteiger partial charge on any atom is 0.193 e. The number of nitrogens with one attached hydrogen (secondary N) is 1. The van der Waals surface area contributed by atoms with Gasteiger partial charge in [-0.05, 0) is 45.7 Å². The van der Waals surface area contributed by atoms with Gasteiger partial charge in [0.05, 0.1) is 6.54 Å². The van der Waals surface area contributed by atoms with Crippen molar-refractivity contribution in [1.29, 1.82) is 0 Å². The highest BCUT2D eigenvalue weighted by Crippen LogP contribution is 2.35. The second-order valence-corrected chi connectivity index (χ2v) is 6.90. The highest BCUT2D eigenvalue weighted by molar-refractivity contribution is 5.79. The van der Waals surface area contributed by atoms with Crippen molar-refractivity contribution in [3.8, 4) is 0 Å². The second-order valence-electron chi connectivity index (χ2n) is 6.90. The van der Waals surface area contributed by atoms with E-state index in [1.165, 1.54) is 64.5 Å². The van der Waals surface area contributed by atoms with Crippen LogP contribution in [-0.2, 0) is 0 Å². The Balaban J connectivity index is 2.09. The molecule has 1 saturated carbocycles. The van der Waals surface area contributed by atoms with Gasteiger partial charge in [-0.2, -0.15) is 0 Å². The molecule has 1 aliphatic heterocycles. The molecular weight excluding hydrogens is 260 g/mol. The molecule has 0 radical (unpaired) electrons. The molecule has 1 N–H and O–H groups in total. The molecule has 0 atom stereocenters. The summed E-state index contributed by atoms with van der Waals surface area (Å²) in [6, 6.07) is 0. The number of nitrogens with zero attached hydrogens (tertiary/aromatic N) is 3. The first-order valence-electron chi connectivity index (χ1n) is 8.89. The third-order valence-corrected chi connectivity index (χ3v) is 5.09. The molecule has 0 unspecified atom stereocenters. The van der Waals surface area contributed by atoms with E-state index in [1.54, 1.807) is 0 Å². The summed E-state index contributed by atoms with van der Waals surface area (Å²) in [5.74, 6) is 1.04. The summed E-state index contributed by atoms with van der Waals surface area (Å²) in [6.07, 6.45) is 11.0. The van der Waals surface area contributed by atoms with Crippen LogP contribution < -0.4 is 5.32 Å². The summed E-state index contributed by atoms with van der Waals surface area (Å²) in [5, 5.41) is 3.40. The fourth-order valence-electron chi connectivity index (χ4n) is 3.89. The van der Waals surface area contributed by atoms with E-state index in [0.717, 1.165) is 19.0 Å². The van der Waals surface area contributed by atoms with Crippen LogP contribution in [0, 0.1) is 0 Å². The lowest BCUT2D eigenvalue weighted by molar-refractivity contribution is 0.0406. The first-order valence-corrected chi connectivity index (χ1v) is 8.89. The Morgan fingerprint density at radius 2 is 1.67 bits per heavy atom. The Bertz CT molecular complexity index is 326. The van der Waals surface area contributed by atoms with Crippen molar-refractivity contribution >= 4 is 5.96 Å². The third kappa shape index (κ3) is 4.35. The minimum atomic E-state index is 0.343. The summed E-state index contributed by atoms with van der Waals surface area (Å²) in [4.78, 5) is 9.86. The molecule has 0 aromatic heterocycles. The van der Waals surface area contributed by atoms with Gasteiger partial charge in [-0.3, -0.25) is 9.89 Å². The molecule has 0 amide bonds. The van der Waals surface area contributed by atoms with Crippen LogP contribution >= 0.6 is 0 Å². The van der Waals surface area contributed by atoms with E-state index in [9.17, 15) is 0 Å². The number of piperidine rings is 1. The van der Waals surface area contributed by atoms with Crippen LogP contribution in [0.15, 0.2) is 4.99 Å². The van der Waals surface area contributed by atoms with Crippen LogP contribution in [0.25, 0.3) is 0 Å². The van der Waals surface area contributed by atoms with E-state index < -0.39 is 0 Å². The highest BCUT2D eigenvalue weighted by Gasteiger charge is 2.38. The van der Waals surface area contributed by atoms with Crippen molar-refractivity contribution in [2.24, 2.45) is 4.99 Å². The van der Waals surface area contributed by atoms with Gasteiger partial charge in [-0.1, -0.05) is 25.7 Å². The summed E-state index contributed by atoms with van der Waals surface area (Å²) in [7, 11) is 4.16. The van der Waals surface area contributed by atoms with Crippen molar-refractivity contribution in [2.75, 3.05) is 40.3 Å². The standard InChI is InChI=1S/C17H34N4/c1-4-18-16(20(2)3)19-15-17(11-7-5-8-12-17)21-13-9-6-10-14-21/h4-15H2,1-3H3,(H,18,19). The number of hydrogen-bond donors (Lipinski definition) is 1. The number of rotatable bonds is 4. The fraction of sp³-hybridized carbons (Fsp3) is 0.941. The summed E-state index contributed by atoms with van der Waals surface area (Å²) in [6.45, 7) is 6.61. The maximum absolute atomic E-state index is 4.97. The lowest BCUT2D eigenvalue weighted by Gasteiger charge is -2.47. The van der Waals surface area contributed by atoms with Crippen LogP contribution in [0.4, 0.5) is 0 Å². The van der Waals surface area contributed by atoms with Crippen LogP contribution in [-0.4, -0.2) is 61.6 Å². The first kappa shape index (κ1) is 16.6. The molecule has 0 aromatic rings. The topological polar surface area (TPSA) is 30.9 Å². The van der Waals surface area contributed by atoms with Gasteiger partial charge < -0.3 is 10.2 Å². The van der Waals surface area contributed by atoms with Crippen molar-refractivity contribution in [1.82, 2.24) is 15.1 Å². The smallest absolute Gasteiger partial charge is 0.193 e. The normalized spacial score (nSPS) is 23.9. The molecule has 2 aliphatic rings. The van der Waals surface area contributed by atoms with E-state index in [2.05, 4.69) is 36.1 Å². The molecule has 2 rings (SSSR count). The highest BCUT2D eigenvalue weighted by atomic mass is 15.3. The Labute approximate surface area is 131 Å². The largest absolute Gasteiger partial charge is 0.357 e. The average Bonchev–Trinajstić information content (AvgIpc) is 2.53. The van der Waals surface area contributed by atoms with Gasteiger partial charge in [-0.15, -0.1) is 0 Å². The quantitative estimate of drug-likeness (QED) is 0.639. The van der Waals surface area contributed by atoms with E-state index in [-0.39, 0.29) is 0 Å². The number of likely N-dealkylation sites (tertiary alicyclic amines) is 1. The molecule has 122 valence electrons. The number of aliphatic imine (C=N–C) groups is 1. The average molecular weight is 294 g/mol. The fourth-order valence-corrected chi connectivity index (χ4v) is 3.89. The molecule has 21 heavy (non-hydrogen) atoms. The lowest BCUT2D eigenvalue weighted by Crippen LogP contribution is -2.54. The zero-order chi connectivity index (χ0) is 15.1. The number of hydrogen-bond acceptors (Lipinski definition) is 2. The predicted molar refractivity (Wildman–Crippen MR) is 90.9 cm³/mol. The van der Waals surface area contributed by atoms with E-state index in [4.69, 9.17) is 4.99 Å². The third-order valence-electron chi connectivity index (χ3n) is 5.09. The summed E-state index contributed by atoms with van der Waals surface area (Å²) >= 11 is 0. The van der Waals surface area contributed by atoms with Crippen LogP contribution in [0.5, 0.6) is 0 Å². The van der Waals surface area contributed by atoms with Gasteiger partial charge in [0.1, 0.15) is 0 Å². The minimum absolute atomic E-state index is 0.343. The molecule has 4 nitrogen and oxygen atoms in total. The molecule has 1 heterocycles. The SMILES string of the molecule is CCNC(=NCC1(N2CCCCC2)CCCCC1)N(C)C. The molecule has 1 saturated heterocycles. The summed E-state index contributed by atoms with van der Waals surface area (Å²) < 4.78 is 0. The molecule has 0 spiro atoms. The van der Waals surface area contributed by atoms with Gasteiger partial charge in [0, 0.05) is 26.2 Å². The molecule has 0 aromatic carbocycles. The Kier molecular flexibility index (Phi) is 6.34. The van der Waals surface area contributed by atoms with Gasteiger partial charge in [0.2, 0.25) is 0 Å². The Morgan fingerprint density at radius 1 is 1.05 bits per heavy atom. The lowest BCUT2D eigenvalue weighted by atomic mass is 9.79. The molecule has 2 fully saturated rings. The predicted octanol–water partition coefficient (Wildman–Crippen LogP) is 2.70. The second kappa shape index (κ2) is 8.02. The van der Waals surface area contributed by atoms with Crippen LogP contribution in [0.2, 0.25) is 0 Å². The Hall–Kier alpha value is -0.770. The number of guanidine groups is 1. The van der Waals surface area contributed by atoms with Gasteiger partial charge >= 0.3 is 0 Å². The van der Waals surface area contributed by atoms with E-state index in [1.807, 2.05) is 0 Å². The minimum Gasteiger partial charge on any atom is -0.357 e. The monoisotopic (exact) mass is 294 g/mol. The van der Waals surface area contributed by atoms with E-state index >= 15 is 0 Å². The molecule has 0 bridgehead atoms. The van der Waals surface area contributed by atoms with Gasteiger partial charge in [0.25, 0.3) is 0 Å². The van der Waals surface area contributed by atoms with E-state index in [0.29, 0.717) is 5.54 Å². The van der Waals surface area contributed by atoms with Gasteiger partial charge in [-0.25, -0.2) is 0 Å². The maximum atomic E-state index is 4.97. The zero-order valence-corrected chi connectivity index (χ0v) is 14.3. The van der Waals surface area contributed by atoms with Crippen LogP contribution in [0.3, 0.4) is 0 Å². The van der Waals surface area contributed by atoms with Crippen molar-refractivity contribution < 1.29 is 0 Å². The van der Waals surface area contributed by atoms with Crippen LogP contribution in [0.1, 0.15) is 58.3 Å². The molecular formula is C17H34N4. The van der Waals surface area contributed by atoms with Crippen molar-refractivity contribution in [2.45, 2.75) is 63.8 Å². The van der Waals surface area contributed by atoms with Crippen molar-refractivity contribution in [3.63, 3.8) is 0 Å². The van der Waals surface area contributed by atoms with Crippen molar-refractivity contribution in [3.05, 3.63) is 0 Å². The summed E-state index contributed by atoms with van der Waals surface area (Å²) in [5.41, 5.74) is 0.343. The molecule has 4 heteroatoms. The first-order chi connectivity index (χ1) is 10.2. The zero-order valence-electron chi connectivity index (χ0n) is 14.3. The van der Waals surface area contributed by atoms with Gasteiger partial charge in [0.15, 0.2) is 5.96 Å². The Morgan fingerprint density at radius 3 is 2.24 bits per heavy atom.